The Kier molecular flexibility index (Phi) is 3.64. The molecular formula is C13H21BrN2O. The first kappa shape index (κ1) is 13.1. The molecule has 0 radical (unpaired) electrons. The fourth-order valence-corrected chi connectivity index (χ4v) is 2.84. The molecule has 1 aliphatic rings. The smallest absolute Gasteiger partial charge is 0.0738 e. The molecule has 1 saturated carbocycles. The number of hydrogen-bond donors (Lipinski definition) is 1. The molecule has 0 spiro atoms. The van der Waals surface area contributed by atoms with Crippen LogP contribution in [0.5, 0.6) is 0 Å². The van der Waals surface area contributed by atoms with E-state index >= 15 is 0 Å². The van der Waals surface area contributed by atoms with Gasteiger partial charge in [0.1, 0.15) is 0 Å². The molecule has 0 amide bonds. The third-order valence-corrected chi connectivity index (χ3v) is 4.46. The monoisotopic (exact) mass is 300 g/mol. The van der Waals surface area contributed by atoms with Crippen LogP contribution in [0.1, 0.15) is 44.5 Å². The third-order valence-electron chi connectivity index (χ3n) is 3.43. The van der Waals surface area contributed by atoms with Crippen LogP contribution in [0.15, 0.2) is 4.47 Å². The van der Waals surface area contributed by atoms with Gasteiger partial charge < -0.3 is 5.11 Å². The number of aliphatic hydroxyl groups is 1. The zero-order valence-corrected chi connectivity index (χ0v) is 12.4. The molecule has 2 rings (SSSR count). The van der Waals surface area contributed by atoms with Gasteiger partial charge in [0.2, 0.25) is 0 Å². The Bertz CT molecular complexity index is 408. The lowest BCUT2D eigenvalue weighted by atomic mass is 9.93. The molecule has 1 atom stereocenters. The number of aryl methyl sites for hydroxylation is 2. The van der Waals surface area contributed by atoms with Crippen molar-refractivity contribution in [2.45, 2.75) is 58.6 Å². The van der Waals surface area contributed by atoms with Gasteiger partial charge in [-0.1, -0.05) is 12.8 Å². The van der Waals surface area contributed by atoms with Crippen LogP contribution in [-0.4, -0.2) is 20.5 Å². The molecule has 4 heteroatoms. The van der Waals surface area contributed by atoms with Crippen molar-refractivity contribution in [3.63, 3.8) is 0 Å². The van der Waals surface area contributed by atoms with Crippen molar-refractivity contribution in [1.29, 1.82) is 0 Å². The molecule has 0 bridgehead atoms. The van der Waals surface area contributed by atoms with Crippen molar-refractivity contribution in [1.82, 2.24) is 9.78 Å². The first-order valence-corrected chi connectivity index (χ1v) is 7.16. The quantitative estimate of drug-likeness (QED) is 0.907. The maximum atomic E-state index is 10.5. The van der Waals surface area contributed by atoms with Gasteiger partial charge in [0.15, 0.2) is 0 Å². The van der Waals surface area contributed by atoms with Crippen molar-refractivity contribution in [2.24, 2.45) is 5.92 Å². The highest BCUT2D eigenvalue weighted by Gasteiger charge is 2.33. The molecule has 1 heterocycles. The second-order valence-corrected chi connectivity index (χ2v) is 6.28. The van der Waals surface area contributed by atoms with Gasteiger partial charge in [-0.3, -0.25) is 4.68 Å². The fraction of sp³-hybridized carbons (Fsp3) is 0.769. The highest BCUT2D eigenvalue weighted by molar-refractivity contribution is 9.10. The Morgan fingerprint density at radius 1 is 1.53 bits per heavy atom. The standard InChI is InChI=1S/C13H21BrN2O/c1-4-16-11(12(14)9(2)15-16)8-13(3,17)7-10-5-6-10/h10,17H,4-8H2,1-3H3. The van der Waals surface area contributed by atoms with Crippen LogP contribution in [0.25, 0.3) is 0 Å². The van der Waals surface area contributed by atoms with E-state index < -0.39 is 5.60 Å². The van der Waals surface area contributed by atoms with Crippen molar-refractivity contribution in [3.05, 3.63) is 15.9 Å². The number of nitrogens with zero attached hydrogens (tertiary/aromatic N) is 2. The molecule has 17 heavy (non-hydrogen) atoms. The summed E-state index contributed by atoms with van der Waals surface area (Å²) in [4.78, 5) is 0. The van der Waals surface area contributed by atoms with Crippen LogP contribution in [0.2, 0.25) is 0 Å². The highest BCUT2D eigenvalue weighted by atomic mass is 79.9. The van der Waals surface area contributed by atoms with E-state index in [4.69, 9.17) is 0 Å². The Labute approximate surface area is 111 Å². The molecule has 1 aliphatic carbocycles. The summed E-state index contributed by atoms with van der Waals surface area (Å²) in [5.41, 5.74) is 1.52. The first-order valence-electron chi connectivity index (χ1n) is 6.37. The molecule has 1 aromatic heterocycles. The summed E-state index contributed by atoms with van der Waals surface area (Å²) >= 11 is 3.58. The SMILES string of the molecule is CCn1nc(C)c(Br)c1CC(C)(O)CC1CC1. The zero-order valence-electron chi connectivity index (χ0n) is 10.8. The van der Waals surface area contributed by atoms with Gasteiger partial charge in [-0.2, -0.15) is 5.10 Å². The molecular weight excluding hydrogens is 280 g/mol. The molecule has 0 aliphatic heterocycles. The van der Waals surface area contributed by atoms with Gasteiger partial charge >= 0.3 is 0 Å². The lowest BCUT2D eigenvalue weighted by molar-refractivity contribution is 0.0433. The molecule has 1 unspecified atom stereocenters. The highest BCUT2D eigenvalue weighted by Crippen LogP contribution is 2.38. The fourth-order valence-electron chi connectivity index (χ4n) is 2.41. The average Bonchev–Trinajstić information content (AvgIpc) is 3.00. The van der Waals surface area contributed by atoms with Crippen LogP contribution < -0.4 is 0 Å². The van der Waals surface area contributed by atoms with Crippen LogP contribution in [0.4, 0.5) is 0 Å². The summed E-state index contributed by atoms with van der Waals surface area (Å²) in [6.45, 7) is 6.87. The van der Waals surface area contributed by atoms with Crippen molar-refractivity contribution >= 4 is 15.9 Å². The molecule has 1 aromatic rings. The molecule has 0 aromatic carbocycles. The number of halogens is 1. The van der Waals surface area contributed by atoms with E-state index in [0.717, 1.165) is 34.7 Å². The number of hydrogen-bond acceptors (Lipinski definition) is 2. The maximum absolute atomic E-state index is 10.5. The number of rotatable bonds is 5. The van der Waals surface area contributed by atoms with E-state index in [1.807, 2.05) is 18.5 Å². The largest absolute Gasteiger partial charge is 0.390 e. The van der Waals surface area contributed by atoms with E-state index in [0.29, 0.717) is 6.42 Å². The second kappa shape index (κ2) is 4.73. The predicted molar refractivity (Wildman–Crippen MR) is 72.0 cm³/mol. The van der Waals surface area contributed by atoms with Gasteiger partial charge in [0, 0.05) is 13.0 Å². The van der Waals surface area contributed by atoms with Gasteiger partial charge in [0.05, 0.1) is 21.5 Å². The minimum atomic E-state index is -0.608. The van der Waals surface area contributed by atoms with Crippen LogP contribution in [0.3, 0.4) is 0 Å². The Balaban J connectivity index is 2.15. The molecule has 1 fully saturated rings. The number of aromatic nitrogens is 2. The van der Waals surface area contributed by atoms with Crippen LogP contribution >= 0.6 is 15.9 Å². The topological polar surface area (TPSA) is 38.0 Å². The van der Waals surface area contributed by atoms with Gasteiger partial charge in [-0.05, 0) is 49.0 Å². The molecule has 3 nitrogen and oxygen atoms in total. The van der Waals surface area contributed by atoms with Gasteiger partial charge in [-0.15, -0.1) is 0 Å². The summed E-state index contributed by atoms with van der Waals surface area (Å²) in [7, 11) is 0. The summed E-state index contributed by atoms with van der Waals surface area (Å²) < 4.78 is 3.04. The van der Waals surface area contributed by atoms with E-state index in [1.54, 1.807) is 0 Å². The normalized spacial score (nSPS) is 19.4. The lowest BCUT2D eigenvalue weighted by Gasteiger charge is -2.23. The van der Waals surface area contributed by atoms with Crippen molar-refractivity contribution < 1.29 is 5.11 Å². The van der Waals surface area contributed by atoms with E-state index in [2.05, 4.69) is 28.0 Å². The van der Waals surface area contributed by atoms with Crippen LogP contribution in [0, 0.1) is 12.8 Å². The van der Waals surface area contributed by atoms with Crippen LogP contribution in [-0.2, 0) is 13.0 Å². The van der Waals surface area contributed by atoms with Gasteiger partial charge in [-0.25, -0.2) is 0 Å². The maximum Gasteiger partial charge on any atom is 0.0738 e. The second-order valence-electron chi connectivity index (χ2n) is 5.48. The minimum absolute atomic E-state index is 0.608. The summed E-state index contributed by atoms with van der Waals surface area (Å²) in [5.74, 6) is 0.739. The van der Waals surface area contributed by atoms with Crippen molar-refractivity contribution in [2.75, 3.05) is 0 Å². The van der Waals surface area contributed by atoms with E-state index in [9.17, 15) is 5.11 Å². The molecule has 0 saturated heterocycles. The molecule has 1 N–H and O–H groups in total. The van der Waals surface area contributed by atoms with Crippen molar-refractivity contribution in [3.8, 4) is 0 Å². The summed E-state index contributed by atoms with van der Waals surface area (Å²) in [5, 5.41) is 14.9. The van der Waals surface area contributed by atoms with Gasteiger partial charge in [0.25, 0.3) is 0 Å². The Hall–Kier alpha value is -0.350. The third kappa shape index (κ3) is 3.10. The predicted octanol–water partition coefficient (Wildman–Crippen LogP) is 3.07. The first-order chi connectivity index (χ1) is 7.93. The Morgan fingerprint density at radius 3 is 2.71 bits per heavy atom. The minimum Gasteiger partial charge on any atom is -0.390 e. The lowest BCUT2D eigenvalue weighted by Crippen LogP contribution is -2.29. The summed E-state index contributed by atoms with van der Waals surface area (Å²) in [6.07, 6.45) is 4.15. The Morgan fingerprint density at radius 2 is 2.18 bits per heavy atom. The van der Waals surface area contributed by atoms with E-state index in [-0.39, 0.29) is 0 Å². The van der Waals surface area contributed by atoms with E-state index in [1.165, 1.54) is 12.8 Å². The zero-order chi connectivity index (χ0) is 12.6. The molecule has 96 valence electrons. The summed E-state index contributed by atoms with van der Waals surface area (Å²) in [6, 6.07) is 0. The average molecular weight is 301 g/mol.